The molecule has 6 nitrogen and oxygen atoms in total. The molecule has 2 aromatic rings. The minimum absolute atomic E-state index is 0.388. The molecule has 0 unspecified atom stereocenters. The van der Waals surface area contributed by atoms with Gasteiger partial charge in [0.25, 0.3) is 0 Å². The number of halogens is 1. The lowest BCUT2D eigenvalue weighted by Crippen LogP contribution is -2.42. The molecule has 8 heteroatoms. The number of thiophene rings is 1. The quantitative estimate of drug-likeness (QED) is 0.917. The first-order valence-corrected chi connectivity index (χ1v) is 7.49. The number of hydrogen-bond acceptors (Lipinski definition) is 5. The molecule has 2 heterocycles. The van der Waals surface area contributed by atoms with E-state index in [1.165, 1.54) is 16.0 Å². The monoisotopic (exact) mass is 314 g/mol. The third-order valence-electron chi connectivity index (χ3n) is 3.55. The van der Waals surface area contributed by atoms with Crippen LogP contribution in [0.3, 0.4) is 0 Å². The van der Waals surface area contributed by atoms with E-state index in [0.717, 1.165) is 5.56 Å². The standard InChI is InChI=1S/C12H15ClN4O2S/c1-4-12(5-2,11(18)19)17-10(14-15-16-17)9-8(13)7(3)6-20-9/h6H,4-5H2,1-3H3,(H,18,19). The lowest BCUT2D eigenvalue weighted by atomic mass is 9.93. The highest BCUT2D eigenvalue weighted by Gasteiger charge is 2.41. The third kappa shape index (κ3) is 2.10. The van der Waals surface area contributed by atoms with E-state index in [1.54, 1.807) is 0 Å². The molecular formula is C12H15ClN4O2S. The highest BCUT2D eigenvalue weighted by Crippen LogP contribution is 2.37. The van der Waals surface area contributed by atoms with Crippen LogP contribution in [-0.2, 0) is 10.3 Å². The van der Waals surface area contributed by atoms with Gasteiger partial charge in [-0.2, -0.15) is 0 Å². The maximum Gasteiger partial charge on any atom is 0.331 e. The summed E-state index contributed by atoms with van der Waals surface area (Å²) >= 11 is 7.65. The maximum atomic E-state index is 11.7. The Bertz CT molecular complexity index is 633. The number of hydrogen-bond donors (Lipinski definition) is 1. The predicted octanol–water partition coefficient (Wildman–Crippen LogP) is 2.96. The predicted molar refractivity (Wildman–Crippen MR) is 77.1 cm³/mol. The molecule has 0 aliphatic heterocycles. The van der Waals surface area contributed by atoms with Crippen molar-refractivity contribution < 1.29 is 9.90 Å². The van der Waals surface area contributed by atoms with Crippen molar-refractivity contribution in [3.63, 3.8) is 0 Å². The zero-order valence-corrected chi connectivity index (χ0v) is 13.0. The van der Waals surface area contributed by atoms with E-state index < -0.39 is 11.5 Å². The number of tetrazole rings is 1. The van der Waals surface area contributed by atoms with Crippen LogP contribution in [0.15, 0.2) is 5.38 Å². The van der Waals surface area contributed by atoms with Crippen molar-refractivity contribution in [3.8, 4) is 10.7 Å². The van der Waals surface area contributed by atoms with Gasteiger partial charge < -0.3 is 5.11 Å². The van der Waals surface area contributed by atoms with Crippen LogP contribution in [0.25, 0.3) is 10.7 Å². The van der Waals surface area contributed by atoms with Gasteiger partial charge in [0.1, 0.15) is 0 Å². The number of carboxylic acids is 1. The Morgan fingerprint density at radius 1 is 1.50 bits per heavy atom. The molecule has 0 radical (unpaired) electrons. The van der Waals surface area contributed by atoms with Gasteiger partial charge in [-0.05, 0) is 41.1 Å². The number of nitrogens with zero attached hydrogens (tertiary/aromatic N) is 4. The maximum absolute atomic E-state index is 11.7. The molecule has 2 rings (SSSR count). The van der Waals surface area contributed by atoms with Crippen LogP contribution in [0.5, 0.6) is 0 Å². The van der Waals surface area contributed by atoms with Crippen LogP contribution < -0.4 is 0 Å². The Labute approximate surface area is 125 Å². The van der Waals surface area contributed by atoms with E-state index in [4.69, 9.17) is 11.6 Å². The number of aryl methyl sites for hydroxylation is 1. The van der Waals surface area contributed by atoms with Crippen molar-refractivity contribution in [2.45, 2.75) is 39.2 Å². The second-order valence-corrected chi connectivity index (χ2v) is 5.78. The Hall–Kier alpha value is -1.47. The SMILES string of the molecule is CCC(CC)(C(=O)O)n1nnnc1-c1scc(C)c1Cl. The average molecular weight is 315 g/mol. The summed E-state index contributed by atoms with van der Waals surface area (Å²) in [5.74, 6) is -0.542. The number of aromatic nitrogens is 4. The Morgan fingerprint density at radius 3 is 2.60 bits per heavy atom. The lowest BCUT2D eigenvalue weighted by molar-refractivity contribution is -0.148. The van der Waals surface area contributed by atoms with E-state index >= 15 is 0 Å². The number of aliphatic carboxylic acids is 1. The van der Waals surface area contributed by atoms with E-state index in [1.807, 2.05) is 26.2 Å². The highest BCUT2D eigenvalue weighted by molar-refractivity contribution is 7.14. The van der Waals surface area contributed by atoms with Gasteiger partial charge in [-0.25, -0.2) is 9.48 Å². The molecule has 0 atom stereocenters. The van der Waals surface area contributed by atoms with Crippen LogP contribution in [0.2, 0.25) is 5.02 Å². The summed E-state index contributed by atoms with van der Waals surface area (Å²) in [6.07, 6.45) is 0.775. The number of rotatable bonds is 5. The molecule has 108 valence electrons. The van der Waals surface area contributed by atoms with Crippen molar-refractivity contribution in [1.82, 2.24) is 20.2 Å². The first kappa shape index (κ1) is 14.9. The summed E-state index contributed by atoms with van der Waals surface area (Å²) in [7, 11) is 0. The molecule has 0 spiro atoms. The lowest BCUT2D eigenvalue weighted by Gasteiger charge is -2.27. The fraction of sp³-hybridized carbons (Fsp3) is 0.500. The minimum Gasteiger partial charge on any atom is -0.479 e. The Kier molecular flexibility index (Phi) is 4.10. The molecule has 0 amide bonds. The fourth-order valence-corrected chi connectivity index (χ4v) is 3.39. The summed E-state index contributed by atoms with van der Waals surface area (Å²) < 4.78 is 1.38. The topological polar surface area (TPSA) is 80.9 Å². The van der Waals surface area contributed by atoms with Crippen LogP contribution in [0.4, 0.5) is 0 Å². The molecule has 20 heavy (non-hydrogen) atoms. The third-order valence-corrected chi connectivity index (χ3v) is 5.24. The first-order chi connectivity index (χ1) is 9.47. The fourth-order valence-electron chi connectivity index (χ4n) is 2.14. The van der Waals surface area contributed by atoms with Crippen molar-refractivity contribution in [1.29, 1.82) is 0 Å². The van der Waals surface area contributed by atoms with Gasteiger partial charge in [0.15, 0.2) is 11.4 Å². The van der Waals surface area contributed by atoms with Crippen LogP contribution in [0.1, 0.15) is 32.3 Å². The van der Waals surface area contributed by atoms with Crippen molar-refractivity contribution in [3.05, 3.63) is 16.0 Å². The van der Waals surface area contributed by atoms with Crippen molar-refractivity contribution in [2.24, 2.45) is 0 Å². The highest BCUT2D eigenvalue weighted by atomic mass is 35.5. The van der Waals surface area contributed by atoms with Gasteiger partial charge in [-0.1, -0.05) is 25.4 Å². The molecule has 0 saturated heterocycles. The zero-order chi connectivity index (χ0) is 14.9. The van der Waals surface area contributed by atoms with Gasteiger partial charge in [-0.15, -0.1) is 16.4 Å². The van der Waals surface area contributed by atoms with Gasteiger partial charge >= 0.3 is 5.97 Å². The molecule has 0 fully saturated rings. The largest absolute Gasteiger partial charge is 0.479 e. The molecular weight excluding hydrogens is 300 g/mol. The van der Waals surface area contributed by atoms with Crippen molar-refractivity contribution in [2.75, 3.05) is 0 Å². The average Bonchev–Trinajstić information content (AvgIpc) is 3.01. The van der Waals surface area contributed by atoms with E-state index in [-0.39, 0.29) is 0 Å². The Balaban J connectivity index is 2.64. The Morgan fingerprint density at radius 2 is 2.15 bits per heavy atom. The summed E-state index contributed by atoms with van der Waals surface area (Å²) in [5, 5.41) is 23.6. The molecule has 0 aliphatic carbocycles. The zero-order valence-electron chi connectivity index (χ0n) is 11.4. The second kappa shape index (κ2) is 5.49. The summed E-state index contributed by atoms with van der Waals surface area (Å²) in [5.41, 5.74) is -0.227. The minimum atomic E-state index is -1.15. The van der Waals surface area contributed by atoms with Crippen LogP contribution in [0, 0.1) is 6.92 Å². The van der Waals surface area contributed by atoms with E-state index in [0.29, 0.717) is 28.6 Å². The van der Waals surface area contributed by atoms with Crippen molar-refractivity contribution >= 4 is 28.9 Å². The second-order valence-electron chi connectivity index (χ2n) is 4.52. The molecule has 2 aromatic heterocycles. The number of carboxylic acid groups (broad SMARTS) is 1. The summed E-state index contributed by atoms with van der Waals surface area (Å²) in [6, 6.07) is 0. The molecule has 0 bridgehead atoms. The molecule has 0 saturated carbocycles. The van der Waals surface area contributed by atoms with Gasteiger partial charge in [0.2, 0.25) is 0 Å². The van der Waals surface area contributed by atoms with Gasteiger partial charge in [0.05, 0.1) is 9.90 Å². The van der Waals surface area contributed by atoms with Crippen LogP contribution >= 0.6 is 22.9 Å². The number of carbonyl (C=O) groups is 1. The first-order valence-electron chi connectivity index (χ1n) is 6.24. The van der Waals surface area contributed by atoms with Gasteiger partial charge in [0, 0.05) is 0 Å². The van der Waals surface area contributed by atoms with Gasteiger partial charge in [-0.3, -0.25) is 0 Å². The smallest absolute Gasteiger partial charge is 0.331 e. The van der Waals surface area contributed by atoms with E-state index in [2.05, 4.69) is 15.5 Å². The normalized spacial score (nSPS) is 11.8. The molecule has 0 aliphatic rings. The van der Waals surface area contributed by atoms with E-state index in [9.17, 15) is 9.90 Å². The summed E-state index contributed by atoms with van der Waals surface area (Å²) in [4.78, 5) is 12.4. The summed E-state index contributed by atoms with van der Waals surface area (Å²) in [6.45, 7) is 5.51. The molecule has 0 aromatic carbocycles. The molecule has 1 N–H and O–H groups in total. The van der Waals surface area contributed by atoms with Crippen LogP contribution in [-0.4, -0.2) is 31.3 Å².